The molecule has 2 aliphatic rings. The maximum absolute atomic E-state index is 13.1. The largest absolute Gasteiger partial charge is 0.456 e. The van der Waals surface area contributed by atoms with Crippen molar-refractivity contribution < 1.29 is 19.1 Å². The number of hydrogen-bond acceptors (Lipinski definition) is 7. The lowest BCUT2D eigenvalue weighted by atomic mass is 9.93. The summed E-state index contributed by atoms with van der Waals surface area (Å²) in [6.07, 6.45) is 9.51. The Labute approximate surface area is 168 Å². The minimum Gasteiger partial charge on any atom is -0.456 e. The molecule has 9 heteroatoms. The Morgan fingerprint density at radius 2 is 1.97 bits per heavy atom. The van der Waals surface area contributed by atoms with Crippen LogP contribution in [0, 0.1) is 0 Å². The van der Waals surface area contributed by atoms with Crippen LogP contribution in [0.3, 0.4) is 0 Å². The zero-order valence-corrected chi connectivity index (χ0v) is 16.6. The fraction of sp³-hybridized carbons (Fsp3) is 0.550. The van der Waals surface area contributed by atoms with Gasteiger partial charge in [-0.15, -0.1) is 0 Å². The number of carbonyl (C=O) groups is 2. The summed E-state index contributed by atoms with van der Waals surface area (Å²) in [5, 5.41) is 3.12. The van der Waals surface area contributed by atoms with Crippen molar-refractivity contribution in [1.82, 2.24) is 24.8 Å². The van der Waals surface area contributed by atoms with Gasteiger partial charge in [-0.05, 0) is 38.5 Å². The van der Waals surface area contributed by atoms with Gasteiger partial charge in [-0.1, -0.05) is 0 Å². The first-order valence-electron chi connectivity index (χ1n) is 9.95. The molecule has 1 fully saturated rings. The van der Waals surface area contributed by atoms with E-state index in [1.165, 1.54) is 6.92 Å². The molecule has 0 spiro atoms. The first-order chi connectivity index (χ1) is 14.0. The average Bonchev–Trinajstić information content (AvgIpc) is 3.38. The number of aromatic nitrogens is 4. The average molecular weight is 399 g/mol. The van der Waals surface area contributed by atoms with Crippen LogP contribution in [0.4, 0.5) is 0 Å². The molecule has 2 heterocycles. The molecule has 4 rings (SSSR count). The highest BCUT2D eigenvalue weighted by molar-refractivity contribution is 5.94. The first kappa shape index (κ1) is 19.5. The van der Waals surface area contributed by atoms with E-state index in [1.807, 2.05) is 0 Å². The van der Waals surface area contributed by atoms with Crippen LogP contribution in [0.2, 0.25) is 0 Å². The minimum atomic E-state index is -0.462. The third kappa shape index (κ3) is 4.14. The van der Waals surface area contributed by atoms with Crippen LogP contribution < -0.4 is 5.32 Å². The van der Waals surface area contributed by atoms with Gasteiger partial charge in [0, 0.05) is 38.0 Å². The fourth-order valence-corrected chi connectivity index (χ4v) is 4.11. The molecule has 1 atom stereocenters. The van der Waals surface area contributed by atoms with Crippen molar-refractivity contribution in [3.05, 3.63) is 35.7 Å². The number of rotatable bonds is 5. The highest BCUT2D eigenvalue weighted by Gasteiger charge is 2.33. The number of nitrogens with one attached hydrogen (secondary N) is 1. The third-order valence-corrected chi connectivity index (χ3v) is 5.59. The molecule has 1 unspecified atom stereocenters. The van der Waals surface area contributed by atoms with Gasteiger partial charge in [-0.2, -0.15) is 0 Å². The molecule has 0 radical (unpaired) electrons. The lowest BCUT2D eigenvalue weighted by molar-refractivity contribution is -0.146. The summed E-state index contributed by atoms with van der Waals surface area (Å²) in [6, 6.07) is 0.0990. The Kier molecular flexibility index (Phi) is 5.57. The van der Waals surface area contributed by atoms with E-state index in [9.17, 15) is 9.59 Å². The van der Waals surface area contributed by atoms with E-state index < -0.39 is 6.10 Å². The van der Waals surface area contributed by atoms with Gasteiger partial charge in [-0.25, -0.2) is 15.0 Å². The Hall–Kier alpha value is -2.81. The number of imidazole rings is 1. The molecule has 0 bridgehead atoms. The van der Waals surface area contributed by atoms with Gasteiger partial charge in [0.2, 0.25) is 5.95 Å². The molecule has 1 saturated carbocycles. The van der Waals surface area contributed by atoms with Crippen molar-refractivity contribution in [2.24, 2.45) is 0 Å². The molecule has 1 N–H and O–H groups in total. The fourth-order valence-electron chi connectivity index (χ4n) is 4.11. The van der Waals surface area contributed by atoms with Crippen LogP contribution in [-0.2, 0) is 20.7 Å². The highest BCUT2D eigenvalue weighted by Crippen LogP contribution is 2.35. The maximum Gasteiger partial charge on any atom is 0.303 e. The number of methoxy groups -OCH3 is 1. The maximum atomic E-state index is 13.1. The Morgan fingerprint density at radius 1 is 1.17 bits per heavy atom. The molecule has 0 aliphatic heterocycles. The van der Waals surface area contributed by atoms with E-state index in [2.05, 4.69) is 20.3 Å². The van der Waals surface area contributed by atoms with Crippen LogP contribution in [0.1, 0.15) is 66.9 Å². The van der Waals surface area contributed by atoms with Crippen LogP contribution in [0.15, 0.2) is 18.7 Å². The molecule has 154 valence electrons. The van der Waals surface area contributed by atoms with Crippen LogP contribution in [0.5, 0.6) is 0 Å². The molecule has 2 aromatic rings. The van der Waals surface area contributed by atoms with E-state index in [0.717, 1.165) is 31.2 Å². The van der Waals surface area contributed by atoms with Gasteiger partial charge in [0.05, 0.1) is 11.8 Å². The summed E-state index contributed by atoms with van der Waals surface area (Å²) in [6.45, 7) is 1.37. The molecular formula is C20H25N5O4. The van der Waals surface area contributed by atoms with Crippen LogP contribution in [0.25, 0.3) is 5.95 Å². The van der Waals surface area contributed by atoms with Crippen LogP contribution >= 0.6 is 0 Å². The summed E-state index contributed by atoms with van der Waals surface area (Å²) < 4.78 is 12.5. The first-order valence-corrected chi connectivity index (χ1v) is 9.95. The molecule has 2 aromatic heterocycles. The normalized spacial score (nSPS) is 23.4. The van der Waals surface area contributed by atoms with Crippen molar-refractivity contribution in [3.63, 3.8) is 0 Å². The third-order valence-electron chi connectivity index (χ3n) is 5.59. The molecular weight excluding hydrogens is 374 g/mol. The van der Waals surface area contributed by atoms with Crippen molar-refractivity contribution in [3.8, 4) is 5.95 Å². The van der Waals surface area contributed by atoms with E-state index in [-0.39, 0.29) is 24.0 Å². The van der Waals surface area contributed by atoms with Gasteiger partial charge < -0.3 is 14.8 Å². The lowest BCUT2D eigenvalue weighted by Crippen LogP contribution is -2.39. The van der Waals surface area contributed by atoms with Crippen molar-refractivity contribution in [2.75, 3.05) is 7.11 Å². The second kappa shape index (κ2) is 8.28. The summed E-state index contributed by atoms with van der Waals surface area (Å²) in [7, 11) is 1.73. The molecule has 29 heavy (non-hydrogen) atoms. The molecule has 0 aromatic carbocycles. The topological polar surface area (TPSA) is 108 Å². The summed E-state index contributed by atoms with van der Waals surface area (Å²) in [5.74, 6) is -0.241. The van der Waals surface area contributed by atoms with Crippen molar-refractivity contribution in [2.45, 2.75) is 63.7 Å². The summed E-state index contributed by atoms with van der Waals surface area (Å²) >= 11 is 0. The monoisotopic (exact) mass is 399 g/mol. The van der Waals surface area contributed by atoms with Gasteiger partial charge in [-0.3, -0.25) is 14.2 Å². The zero-order valence-electron chi connectivity index (χ0n) is 16.6. The van der Waals surface area contributed by atoms with Gasteiger partial charge in [0.15, 0.2) is 0 Å². The number of hydrogen-bond donors (Lipinski definition) is 1. The second-order valence-electron chi connectivity index (χ2n) is 7.53. The van der Waals surface area contributed by atoms with Crippen LogP contribution in [-0.4, -0.2) is 50.7 Å². The Morgan fingerprint density at radius 3 is 2.62 bits per heavy atom. The Bertz CT molecular complexity index is 891. The standard InChI is InChI=1S/C20H25N5O4/c1-12(26)29-16-8-7-15-17(16)23-20(25-10-9-21-11-25)24-18(15)19(27)22-13-3-5-14(28-2)6-4-13/h9-11,13-14,16H,3-8H2,1-2H3,(H,22,27). The van der Waals surface area contributed by atoms with E-state index in [4.69, 9.17) is 9.47 Å². The van der Waals surface area contributed by atoms with E-state index >= 15 is 0 Å². The second-order valence-corrected chi connectivity index (χ2v) is 7.53. The number of carbonyl (C=O) groups excluding carboxylic acids is 2. The Balaban J connectivity index is 1.62. The predicted octanol–water partition coefficient (Wildman–Crippen LogP) is 1.90. The quantitative estimate of drug-likeness (QED) is 0.765. The molecule has 0 saturated heterocycles. The zero-order chi connectivity index (χ0) is 20.4. The SMILES string of the molecule is COC1CCC(NC(=O)c2nc(-n3ccnc3)nc3c2CCC3OC(C)=O)CC1. The molecule has 9 nitrogen and oxygen atoms in total. The van der Waals surface area contributed by atoms with Gasteiger partial charge in [0.1, 0.15) is 18.1 Å². The predicted molar refractivity (Wildman–Crippen MR) is 103 cm³/mol. The van der Waals surface area contributed by atoms with Gasteiger partial charge in [0.25, 0.3) is 5.91 Å². The summed E-state index contributed by atoms with van der Waals surface area (Å²) in [5.41, 5.74) is 1.71. The highest BCUT2D eigenvalue weighted by atomic mass is 16.5. The van der Waals surface area contributed by atoms with E-state index in [0.29, 0.717) is 30.2 Å². The number of amides is 1. The van der Waals surface area contributed by atoms with E-state index in [1.54, 1.807) is 30.4 Å². The van der Waals surface area contributed by atoms with Crippen molar-refractivity contribution in [1.29, 1.82) is 0 Å². The summed E-state index contributed by atoms with van der Waals surface area (Å²) in [4.78, 5) is 37.7. The molecule has 1 amide bonds. The number of nitrogens with zero attached hydrogens (tertiary/aromatic N) is 4. The number of fused-ring (bicyclic) bond motifs is 1. The lowest BCUT2D eigenvalue weighted by Gasteiger charge is -2.28. The molecule has 2 aliphatic carbocycles. The smallest absolute Gasteiger partial charge is 0.303 e. The minimum absolute atomic E-state index is 0.0990. The van der Waals surface area contributed by atoms with Gasteiger partial charge >= 0.3 is 5.97 Å². The number of esters is 1. The number of ether oxygens (including phenoxy) is 2. The van der Waals surface area contributed by atoms with Crippen molar-refractivity contribution >= 4 is 11.9 Å².